The Labute approximate surface area is 185 Å². The number of amides is 2. The molecule has 2 amide bonds. The number of ether oxygens (including phenoxy) is 1. The van der Waals surface area contributed by atoms with Crippen molar-refractivity contribution >= 4 is 39.4 Å². The van der Waals surface area contributed by atoms with Gasteiger partial charge in [-0.15, -0.1) is 0 Å². The molecule has 30 heavy (non-hydrogen) atoms. The largest absolute Gasteiger partial charge is 0.456 e. The van der Waals surface area contributed by atoms with E-state index < -0.39 is 11.9 Å². The molecular weight excluding hydrogens is 448 g/mol. The first kappa shape index (κ1) is 23.6. The third-order valence-corrected chi connectivity index (χ3v) is 4.95. The van der Waals surface area contributed by atoms with Gasteiger partial charge in [0.2, 0.25) is 0 Å². The summed E-state index contributed by atoms with van der Waals surface area (Å²) in [5.74, 6) is -1.23. The highest BCUT2D eigenvalue weighted by molar-refractivity contribution is 9.10. The fourth-order valence-corrected chi connectivity index (χ4v) is 3.15. The van der Waals surface area contributed by atoms with Crippen molar-refractivity contribution in [3.63, 3.8) is 0 Å². The molecule has 0 saturated carbocycles. The number of rotatable bonds is 7. The molecule has 0 atom stereocenters. The number of halogens is 1. The number of hydrogen-bond donors (Lipinski definition) is 2. The summed E-state index contributed by atoms with van der Waals surface area (Å²) in [6, 6.07) is 12.8. The zero-order valence-electron chi connectivity index (χ0n) is 17.7. The molecular formula is C23H27BrN2O4. The van der Waals surface area contributed by atoms with Gasteiger partial charge in [-0.2, -0.15) is 0 Å². The first-order valence-electron chi connectivity index (χ1n) is 9.66. The van der Waals surface area contributed by atoms with Crippen molar-refractivity contribution in [1.29, 1.82) is 0 Å². The van der Waals surface area contributed by atoms with E-state index in [0.717, 1.165) is 15.6 Å². The lowest BCUT2D eigenvalue weighted by Gasteiger charge is -2.19. The summed E-state index contributed by atoms with van der Waals surface area (Å²) in [6.07, 6.45) is -0.0175. The Morgan fingerprint density at radius 2 is 1.70 bits per heavy atom. The van der Waals surface area contributed by atoms with Crippen molar-refractivity contribution in [3.05, 3.63) is 63.6 Å². The van der Waals surface area contributed by atoms with Gasteiger partial charge < -0.3 is 15.4 Å². The molecule has 2 rings (SSSR count). The van der Waals surface area contributed by atoms with Gasteiger partial charge in [-0.25, -0.2) is 0 Å². The predicted octanol–water partition coefficient (Wildman–Crippen LogP) is 4.36. The smallest absolute Gasteiger partial charge is 0.308 e. The summed E-state index contributed by atoms with van der Waals surface area (Å²) in [4.78, 5) is 36.0. The third-order valence-electron chi connectivity index (χ3n) is 4.45. The van der Waals surface area contributed by atoms with Gasteiger partial charge in [0.15, 0.2) is 6.61 Å². The molecule has 6 nitrogen and oxygen atoms in total. The van der Waals surface area contributed by atoms with E-state index in [2.05, 4.69) is 47.3 Å². The van der Waals surface area contributed by atoms with Gasteiger partial charge in [0.1, 0.15) is 0 Å². The highest BCUT2D eigenvalue weighted by Crippen LogP contribution is 2.22. The van der Waals surface area contributed by atoms with Gasteiger partial charge in [-0.1, -0.05) is 48.8 Å². The molecule has 0 aliphatic carbocycles. The molecule has 0 aliphatic heterocycles. The summed E-state index contributed by atoms with van der Waals surface area (Å²) >= 11 is 3.36. The highest BCUT2D eigenvalue weighted by atomic mass is 79.9. The molecule has 0 aromatic heterocycles. The van der Waals surface area contributed by atoms with Crippen LogP contribution < -0.4 is 10.6 Å². The van der Waals surface area contributed by atoms with Crippen LogP contribution in [-0.4, -0.2) is 30.9 Å². The van der Waals surface area contributed by atoms with E-state index in [1.165, 1.54) is 0 Å². The van der Waals surface area contributed by atoms with E-state index in [-0.39, 0.29) is 30.9 Å². The summed E-state index contributed by atoms with van der Waals surface area (Å²) < 4.78 is 5.88. The quantitative estimate of drug-likeness (QED) is 0.583. The van der Waals surface area contributed by atoms with Gasteiger partial charge in [0.05, 0.1) is 6.42 Å². The first-order chi connectivity index (χ1) is 14.1. The number of nitrogens with one attached hydrogen (secondary N) is 2. The SMILES string of the molecule is Cc1cc(Br)ccc1NC(=O)COC(=O)CCNC(=O)c1ccc(C(C)(C)C)cc1. The maximum Gasteiger partial charge on any atom is 0.308 e. The average molecular weight is 475 g/mol. The Bertz CT molecular complexity index is 918. The maximum absolute atomic E-state index is 12.2. The summed E-state index contributed by atoms with van der Waals surface area (Å²) in [7, 11) is 0. The fourth-order valence-electron chi connectivity index (χ4n) is 2.67. The zero-order chi connectivity index (χ0) is 22.3. The molecule has 160 valence electrons. The summed E-state index contributed by atoms with van der Waals surface area (Å²) in [6.45, 7) is 7.93. The average Bonchev–Trinajstić information content (AvgIpc) is 2.68. The van der Waals surface area contributed by atoms with Crippen LogP contribution in [0.25, 0.3) is 0 Å². The Balaban J connectivity index is 1.71. The highest BCUT2D eigenvalue weighted by Gasteiger charge is 2.15. The number of hydrogen-bond acceptors (Lipinski definition) is 4. The van der Waals surface area contributed by atoms with Gasteiger partial charge in [-0.05, 0) is 53.8 Å². The minimum atomic E-state index is -0.555. The normalized spacial score (nSPS) is 11.0. The van der Waals surface area contributed by atoms with Crippen LogP contribution >= 0.6 is 15.9 Å². The molecule has 2 N–H and O–H groups in total. The second-order valence-electron chi connectivity index (χ2n) is 8.00. The minimum Gasteiger partial charge on any atom is -0.456 e. The topological polar surface area (TPSA) is 84.5 Å². The van der Waals surface area contributed by atoms with Crippen LogP contribution in [0.5, 0.6) is 0 Å². The number of carbonyl (C=O) groups excluding carboxylic acids is 3. The molecule has 2 aromatic carbocycles. The number of carbonyl (C=O) groups is 3. The van der Waals surface area contributed by atoms with Crippen LogP contribution in [0.4, 0.5) is 5.69 Å². The maximum atomic E-state index is 12.2. The number of benzene rings is 2. The molecule has 0 radical (unpaired) electrons. The molecule has 0 spiro atoms. The molecule has 7 heteroatoms. The summed E-state index contributed by atoms with van der Waals surface area (Å²) in [5.41, 5.74) is 3.23. The van der Waals surface area contributed by atoms with Crippen LogP contribution in [0.3, 0.4) is 0 Å². The monoisotopic (exact) mass is 474 g/mol. The van der Waals surface area contributed by atoms with Gasteiger partial charge in [-0.3, -0.25) is 14.4 Å². The van der Waals surface area contributed by atoms with Gasteiger partial charge in [0.25, 0.3) is 11.8 Å². The second kappa shape index (κ2) is 10.4. The van der Waals surface area contributed by atoms with Crippen LogP contribution in [0, 0.1) is 6.92 Å². The molecule has 0 bridgehead atoms. The Morgan fingerprint density at radius 3 is 2.30 bits per heavy atom. The van der Waals surface area contributed by atoms with Crippen molar-refractivity contribution in [2.24, 2.45) is 0 Å². The van der Waals surface area contributed by atoms with E-state index >= 15 is 0 Å². The lowest BCUT2D eigenvalue weighted by molar-refractivity contribution is -0.147. The molecule has 0 aliphatic rings. The van der Waals surface area contributed by atoms with Crippen LogP contribution in [-0.2, 0) is 19.7 Å². The van der Waals surface area contributed by atoms with Gasteiger partial charge in [0, 0.05) is 22.3 Å². The minimum absolute atomic E-state index is 0.0150. The predicted molar refractivity (Wildman–Crippen MR) is 121 cm³/mol. The molecule has 0 saturated heterocycles. The Kier molecular flexibility index (Phi) is 8.17. The number of esters is 1. The van der Waals surface area contributed by atoms with Gasteiger partial charge >= 0.3 is 5.97 Å². The Hall–Kier alpha value is -2.67. The van der Waals surface area contributed by atoms with E-state index in [9.17, 15) is 14.4 Å². The standard InChI is InChI=1S/C23H27BrN2O4/c1-15-13-18(24)9-10-19(15)26-20(27)14-30-21(28)11-12-25-22(29)16-5-7-17(8-6-16)23(2,3)4/h5-10,13H,11-12,14H2,1-4H3,(H,25,29)(H,26,27). The second-order valence-corrected chi connectivity index (χ2v) is 8.92. The van der Waals surface area contributed by atoms with E-state index in [4.69, 9.17) is 4.74 Å². The van der Waals surface area contributed by atoms with Crippen molar-refractivity contribution < 1.29 is 19.1 Å². The van der Waals surface area contributed by atoms with Crippen molar-refractivity contribution in [2.75, 3.05) is 18.5 Å². The van der Waals surface area contributed by atoms with E-state index in [0.29, 0.717) is 11.3 Å². The molecule has 0 unspecified atom stereocenters. The van der Waals surface area contributed by atoms with E-state index in [1.54, 1.807) is 18.2 Å². The van der Waals surface area contributed by atoms with Crippen molar-refractivity contribution in [1.82, 2.24) is 5.32 Å². The number of aryl methyl sites for hydroxylation is 1. The third kappa shape index (κ3) is 7.30. The Morgan fingerprint density at radius 1 is 1.03 bits per heavy atom. The van der Waals surface area contributed by atoms with Crippen molar-refractivity contribution in [3.8, 4) is 0 Å². The lowest BCUT2D eigenvalue weighted by atomic mass is 9.87. The van der Waals surface area contributed by atoms with Crippen LogP contribution in [0.2, 0.25) is 0 Å². The zero-order valence-corrected chi connectivity index (χ0v) is 19.3. The number of anilines is 1. The van der Waals surface area contributed by atoms with E-state index in [1.807, 2.05) is 31.2 Å². The van der Waals surface area contributed by atoms with Crippen LogP contribution in [0.1, 0.15) is 48.7 Å². The summed E-state index contributed by atoms with van der Waals surface area (Å²) in [5, 5.41) is 5.38. The first-order valence-corrected chi connectivity index (χ1v) is 10.5. The molecule has 2 aromatic rings. The van der Waals surface area contributed by atoms with Crippen LogP contribution in [0.15, 0.2) is 46.9 Å². The van der Waals surface area contributed by atoms with Crippen molar-refractivity contribution in [2.45, 2.75) is 39.5 Å². The lowest BCUT2D eigenvalue weighted by Crippen LogP contribution is -2.28. The molecule has 0 heterocycles. The molecule has 0 fully saturated rings. The fraction of sp³-hybridized carbons (Fsp3) is 0.348.